The maximum atomic E-state index is 12.4. The van der Waals surface area contributed by atoms with Crippen LogP contribution in [0.3, 0.4) is 0 Å². The number of fused-ring (bicyclic) bond motifs is 1. The average molecular weight is 467 g/mol. The summed E-state index contributed by atoms with van der Waals surface area (Å²) in [6.07, 6.45) is -1.97. The van der Waals surface area contributed by atoms with Gasteiger partial charge in [0.15, 0.2) is 17.0 Å². The number of ether oxygens (including phenoxy) is 3. The van der Waals surface area contributed by atoms with Crippen LogP contribution in [0.1, 0.15) is 22.8 Å². The van der Waals surface area contributed by atoms with E-state index in [0.29, 0.717) is 28.5 Å². The maximum absolute atomic E-state index is 12.4. The number of carbonyl (C=O) groups is 2. The van der Waals surface area contributed by atoms with Crippen LogP contribution in [0.25, 0.3) is 0 Å². The van der Waals surface area contributed by atoms with Gasteiger partial charge in [-0.15, -0.1) is 0 Å². The second kappa shape index (κ2) is 9.95. The number of carbonyl (C=O) groups excluding carboxylic acids is 2. The molecule has 2 aliphatic rings. The van der Waals surface area contributed by atoms with E-state index in [4.69, 9.17) is 31.7 Å². The predicted octanol–water partition coefficient (Wildman–Crippen LogP) is 2.83. The standard InChI is InChI=1S/C23H22N4O5S/c1-13(28)15-3-2-4-17(9-15)26-23(29)32-19-12-31-20-18(11-30-21(19)20)27-22(33)25-16-7-5-14(10-24)6-8-16/h2-9,18-21H,11-12H2,1H3,(H,26,29)(H2,25,27,33). The lowest BCUT2D eigenvalue weighted by Crippen LogP contribution is -2.46. The Morgan fingerprint density at radius 1 is 1.06 bits per heavy atom. The number of nitrogens with zero attached hydrogens (tertiary/aromatic N) is 1. The molecule has 2 aliphatic heterocycles. The highest BCUT2D eigenvalue weighted by atomic mass is 32.1. The van der Waals surface area contributed by atoms with Crippen LogP contribution in [0.15, 0.2) is 48.5 Å². The highest BCUT2D eigenvalue weighted by Gasteiger charge is 2.49. The smallest absolute Gasteiger partial charge is 0.412 e. The van der Waals surface area contributed by atoms with Crippen LogP contribution < -0.4 is 16.0 Å². The zero-order chi connectivity index (χ0) is 23.4. The van der Waals surface area contributed by atoms with Crippen LogP contribution in [-0.2, 0) is 14.2 Å². The SMILES string of the molecule is CC(=O)c1cccc(NC(=O)OC2COC3C(NC(=S)Nc4ccc(C#N)cc4)COC23)c1. The van der Waals surface area contributed by atoms with Gasteiger partial charge < -0.3 is 24.8 Å². The fourth-order valence-electron chi connectivity index (χ4n) is 3.75. The summed E-state index contributed by atoms with van der Waals surface area (Å²) in [5.74, 6) is -0.0939. The van der Waals surface area contributed by atoms with Crippen molar-refractivity contribution >= 4 is 40.6 Å². The number of nitrogens with one attached hydrogen (secondary N) is 3. The zero-order valence-electron chi connectivity index (χ0n) is 17.7. The van der Waals surface area contributed by atoms with Crippen molar-refractivity contribution in [2.24, 2.45) is 0 Å². The van der Waals surface area contributed by atoms with Crippen molar-refractivity contribution in [3.05, 3.63) is 59.7 Å². The molecule has 9 nitrogen and oxygen atoms in total. The van der Waals surface area contributed by atoms with Gasteiger partial charge in [0.1, 0.15) is 12.2 Å². The topological polar surface area (TPSA) is 122 Å². The number of hydrogen-bond acceptors (Lipinski definition) is 7. The first-order valence-electron chi connectivity index (χ1n) is 10.3. The summed E-state index contributed by atoms with van der Waals surface area (Å²) in [4.78, 5) is 23.9. The van der Waals surface area contributed by atoms with E-state index in [1.807, 2.05) is 0 Å². The predicted molar refractivity (Wildman–Crippen MR) is 124 cm³/mol. The fraction of sp³-hybridized carbons (Fsp3) is 0.304. The van der Waals surface area contributed by atoms with Gasteiger partial charge >= 0.3 is 6.09 Å². The third-order valence-electron chi connectivity index (χ3n) is 5.37. The summed E-state index contributed by atoms with van der Waals surface area (Å²) < 4.78 is 17.2. The molecule has 4 atom stereocenters. The van der Waals surface area contributed by atoms with Crippen molar-refractivity contribution in [3.8, 4) is 6.07 Å². The molecule has 0 aromatic heterocycles. The third-order valence-corrected chi connectivity index (χ3v) is 5.59. The number of nitriles is 1. The molecule has 2 aromatic rings. The Bertz CT molecular complexity index is 1100. The number of hydrogen-bond donors (Lipinski definition) is 3. The van der Waals surface area contributed by atoms with Crippen molar-refractivity contribution in [1.82, 2.24) is 5.32 Å². The van der Waals surface area contributed by atoms with Crippen LogP contribution >= 0.6 is 12.2 Å². The van der Waals surface area contributed by atoms with Crippen molar-refractivity contribution < 1.29 is 23.8 Å². The van der Waals surface area contributed by atoms with Gasteiger partial charge in [-0.2, -0.15) is 5.26 Å². The quantitative estimate of drug-likeness (QED) is 0.451. The normalized spacial score (nSPS) is 23.2. The van der Waals surface area contributed by atoms with Crippen LogP contribution in [0.2, 0.25) is 0 Å². The van der Waals surface area contributed by atoms with Crippen LogP contribution in [0.5, 0.6) is 0 Å². The molecule has 4 rings (SSSR count). The molecule has 10 heteroatoms. The highest BCUT2D eigenvalue weighted by molar-refractivity contribution is 7.80. The van der Waals surface area contributed by atoms with E-state index in [-0.39, 0.29) is 24.5 Å². The van der Waals surface area contributed by atoms with Gasteiger partial charge in [-0.25, -0.2) is 4.79 Å². The first kappa shape index (κ1) is 22.7. The molecule has 2 heterocycles. The Hall–Kier alpha value is -3.52. The van der Waals surface area contributed by atoms with E-state index in [1.165, 1.54) is 6.92 Å². The number of thiocarbonyl (C=S) groups is 1. The molecule has 0 saturated carbocycles. The monoisotopic (exact) mass is 466 g/mol. The first-order valence-corrected chi connectivity index (χ1v) is 10.7. The number of anilines is 2. The van der Waals surface area contributed by atoms with Crippen LogP contribution in [-0.4, -0.2) is 54.6 Å². The lowest BCUT2D eigenvalue weighted by atomic mass is 10.1. The minimum atomic E-state index is -0.650. The molecule has 2 saturated heterocycles. The van der Waals surface area contributed by atoms with Gasteiger partial charge in [-0.05, 0) is 55.5 Å². The highest BCUT2D eigenvalue weighted by Crippen LogP contribution is 2.29. The number of amides is 1. The number of benzene rings is 2. The van der Waals surface area contributed by atoms with Crippen molar-refractivity contribution in [3.63, 3.8) is 0 Å². The molecule has 1 amide bonds. The van der Waals surface area contributed by atoms with Crippen LogP contribution in [0.4, 0.5) is 16.2 Å². The molecule has 2 fully saturated rings. The van der Waals surface area contributed by atoms with Crippen molar-refractivity contribution in [1.29, 1.82) is 5.26 Å². The molecule has 0 spiro atoms. The molecule has 2 aromatic carbocycles. The Labute approximate surface area is 196 Å². The Balaban J connectivity index is 1.28. The van der Waals surface area contributed by atoms with E-state index in [1.54, 1.807) is 48.5 Å². The average Bonchev–Trinajstić information content (AvgIpc) is 3.37. The second-order valence-corrected chi connectivity index (χ2v) is 8.10. The number of Topliss-reactive ketones (excluding diaryl/α,β-unsaturated/α-hetero) is 1. The number of rotatable bonds is 5. The van der Waals surface area contributed by atoms with Gasteiger partial charge in [0, 0.05) is 16.9 Å². The minimum Gasteiger partial charge on any atom is -0.441 e. The maximum Gasteiger partial charge on any atom is 0.412 e. The summed E-state index contributed by atoms with van der Waals surface area (Å²) in [7, 11) is 0. The van der Waals surface area contributed by atoms with Crippen molar-refractivity contribution in [2.45, 2.75) is 31.3 Å². The molecular formula is C23H22N4O5S. The van der Waals surface area contributed by atoms with Crippen molar-refractivity contribution in [2.75, 3.05) is 23.8 Å². The van der Waals surface area contributed by atoms with E-state index in [2.05, 4.69) is 22.0 Å². The van der Waals surface area contributed by atoms with Gasteiger partial charge in [-0.3, -0.25) is 10.1 Å². The third kappa shape index (κ3) is 5.46. The largest absolute Gasteiger partial charge is 0.441 e. The lowest BCUT2D eigenvalue weighted by Gasteiger charge is -2.20. The summed E-state index contributed by atoms with van der Waals surface area (Å²) in [6, 6.07) is 15.4. The second-order valence-electron chi connectivity index (χ2n) is 7.70. The molecule has 0 radical (unpaired) electrons. The molecule has 0 aliphatic carbocycles. The Morgan fingerprint density at radius 3 is 2.55 bits per heavy atom. The van der Waals surface area contributed by atoms with E-state index >= 15 is 0 Å². The summed E-state index contributed by atoms with van der Waals surface area (Å²) in [5.41, 5.74) is 2.28. The summed E-state index contributed by atoms with van der Waals surface area (Å²) >= 11 is 5.38. The van der Waals surface area contributed by atoms with E-state index in [0.717, 1.165) is 5.69 Å². The Morgan fingerprint density at radius 2 is 1.82 bits per heavy atom. The molecular weight excluding hydrogens is 444 g/mol. The molecule has 4 unspecified atom stereocenters. The van der Waals surface area contributed by atoms with Gasteiger partial charge in [0.25, 0.3) is 0 Å². The molecule has 3 N–H and O–H groups in total. The Kier molecular flexibility index (Phi) is 6.84. The van der Waals surface area contributed by atoms with Crippen LogP contribution in [0, 0.1) is 11.3 Å². The van der Waals surface area contributed by atoms with Gasteiger partial charge in [0.2, 0.25) is 0 Å². The molecule has 0 bridgehead atoms. The summed E-state index contributed by atoms with van der Waals surface area (Å²) in [6.45, 7) is 2.00. The van der Waals surface area contributed by atoms with E-state index < -0.39 is 18.3 Å². The minimum absolute atomic E-state index is 0.0939. The van der Waals surface area contributed by atoms with E-state index in [9.17, 15) is 9.59 Å². The molecule has 170 valence electrons. The first-order chi connectivity index (χ1) is 15.9. The number of ketones is 1. The van der Waals surface area contributed by atoms with Gasteiger partial charge in [-0.1, -0.05) is 12.1 Å². The fourth-order valence-corrected chi connectivity index (χ4v) is 4.02. The summed E-state index contributed by atoms with van der Waals surface area (Å²) in [5, 5.41) is 18.1. The molecule has 33 heavy (non-hydrogen) atoms. The van der Waals surface area contributed by atoms with Gasteiger partial charge in [0.05, 0.1) is 30.9 Å². The zero-order valence-corrected chi connectivity index (χ0v) is 18.6. The lowest BCUT2D eigenvalue weighted by molar-refractivity contribution is 0.00880.